The quantitative estimate of drug-likeness (QED) is 0.586. The van der Waals surface area contributed by atoms with E-state index >= 15 is 0 Å². The lowest BCUT2D eigenvalue weighted by Crippen LogP contribution is -2.13. The van der Waals surface area contributed by atoms with Gasteiger partial charge in [0.25, 0.3) is 10.0 Å². The van der Waals surface area contributed by atoms with Crippen LogP contribution in [0.25, 0.3) is 22.2 Å². The fourth-order valence-electron chi connectivity index (χ4n) is 2.95. The molecule has 1 aromatic carbocycles. The van der Waals surface area contributed by atoms with Gasteiger partial charge in [0.2, 0.25) is 0 Å². The summed E-state index contributed by atoms with van der Waals surface area (Å²) < 4.78 is 33.0. The molecule has 7 heteroatoms. The number of benzene rings is 1. The summed E-state index contributed by atoms with van der Waals surface area (Å²) >= 11 is 0. The van der Waals surface area contributed by atoms with Crippen LogP contribution in [0.2, 0.25) is 0 Å². The third kappa shape index (κ3) is 2.81. The number of rotatable bonds is 5. The average Bonchev–Trinajstić information content (AvgIpc) is 3.29. The van der Waals surface area contributed by atoms with Crippen LogP contribution < -0.4 is 5.32 Å². The number of nitrogens with zero attached hydrogens (tertiary/aromatic N) is 2. The largest absolute Gasteiger partial charge is 0.464 e. The number of nitrogens with one attached hydrogen (secondary N) is 1. The van der Waals surface area contributed by atoms with Crippen molar-refractivity contribution in [3.8, 4) is 11.3 Å². The van der Waals surface area contributed by atoms with Crippen molar-refractivity contribution in [3.05, 3.63) is 72.9 Å². The van der Waals surface area contributed by atoms with Crippen LogP contribution in [0.5, 0.6) is 0 Å². The van der Waals surface area contributed by atoms with Gasteiger partial charge in [0, 0.05) is 36.1 Å². The minimum atomic E-state index is -3.75. The standard InChI is InChI=1S/C19H17N3O3S/c1-20-11-14-9-18(15-4-5-19-16(10-15)6-8-25-19)22(13-14)26(23,24)17-3-2-7-21-12-17/h2-10,12-13,20H,11H2,1H3. The second-order valence-electron chi connectivity index (χ2n) is 5.93. The maximum absolute atomic E-state index is 13.1. The molecular weight excluding hydrogens is 350 g/mol. The summed E-state index contributed by atoms with van der Waals surface area (Å²) in [6.45, 7) is 0.566. The van der Waals surface area contributed by atoms with Crippen molar-refractivity contribution >= 4 is 21.0 Å². The summed E-state index contributed by atoms with van der Waals surface area (Å²) in [4.78, 5) is 4.09. The van der Waals surface area contributed by atoms with Gasteiger partial charge in [-0.2, -0.15) is 0 Å². The average molecular weight is 367 g/mol. The third-order valence-corrected chi connectivity index (χ3v) is 5.82. The molecule has 4 rings (SSSR count). The number of hydrogen-bond donors (Lipinski definition) is 1. The number of aromatic nitrogens is 2. The summed E-state index contributed by atoms with van der Waals surface area (Å²) in [6.07, 6.45) is 6.17. The third-order valence-electron chi connectivity index (χ3n) is 4.16. The van der Waals surface area contributed by atoms with E-state index in [4.69, 9.17) is 4.42 Å². The summed E-state index contributed by atoms with van der Waals surface area (Å²) in [7, 11) is -1.93. The van der Waals surface area contributed by atoms with Crippen molar-refractivity contribution in [3.63, 3.8) is 0 Å². The van der Waals surface area contributed by atoms with E-state index in [1.54, 1.807) is 30.8 Å². The van der Waals surface area contributed by atoms with Crippen LogP contribution in [-0.4, -0.2) is 24.4 Å². The molecule has 0 atom stereocenters. The van der Waals surface area contributed by atoms with Crippen LogP contribution in [0.3, 0.4) is 0 Å². The highest BCUT2D eigenvalue weighted by Gasteiger charge is 2.22. The Bertz CT molecular complexity index is 1160. The molecule has 0 radical (unpaired) electrons. The molecule has 0 aliphatic rings. The molecule has 0 spiro atoms. The van der Waals surface area contributed by atoms with Gasteiger partial charge in [-0.15, -0.1) is 0 Å². The van der Waals surface area contributed by atoms with Crippen molar-refractivity contribution in [1.82, 2.24) is 14.3 Å². The summed E-state index contributed by atoms with van der Waals surface area (Å²) in [5.41, 5.74) is 3.04. The number of pyridine rings is 1. The molecule has 6 nitrogen and oxygen atoms in total. The second-order valence-corrected chi connectivity index (χ2v) is 7.74. The number of hydrogen-bond acceptors (Lipinski definition) is 5. The fraction of sp³-hybridized carbons (Fsp3) is 0.105. The zero-order chi connectivity index (χ0) is 18.1. The van der Waals surface area contributed by atoms with E-state index in [1.807, 2.05) is 37.4 Å². The van der Waals surface area contributed by atoms with E-state index < -0.39 is 10.0 Å². The molecule has 132 valence electrons. The molecule has 0 aliphatic heterocycles. The molecule has 3 heterocycles. The van der Waals surface area contributed by atoms with E-state index in [0.29, 0.717) is 12.2 Å². The minimum absolute atomic E-state index is 0.150. The Morgan fingerprint density at radius 2 is 2.08 bits per heavy atom. The van der Waals surface area contributed by atoms with Gasteiger partial charge >= 0.3 is 0 Å². The highest BCUT2D eigenvalue weighted by Crippen LogP contribution is 2.29. The Morgan fingerprint density at radius 1 is 1.19 bits per heavy atom. The van der Waals surface area contributed by atoms with Crippen molar-refractivity contribution < 1.29 is 12.8 Å². The lowest BCUT2D eigenvalue weighted by atomic mass is 10.1. The van der Waals surface area contributed by atoms with Gasteiger partial charge < -0.3 is 9.73 Å². The van der Waals surface area contributed by atoms with Gasteiger partial charge in [-0.25, -0.2) is 12.4 Å². The zero-order valence-electron chi connectivity index (χ0n) is 14.1. The van der Waals surface area contributed by atoms with Crippen LogP contribution in [0.1, 0.15) is 5.56 Å². The van der Waals surface area contributed by atoms with Crippen LogP contribution >= 0.6 is 0 Å². The van der Waals surface area contributed by atoms with Gasteiger partial charge in [0.15, 0.2) is 0 Å². The van der Waals surface area contributed by atoms with Crippen molar-refractivity contribution in [2.24, 2.45) is 0 Å². The van der Waals surface area contributed by atoms with Crippen LogP contribution in [0.15, 0.2) is 76.6 Å². The topological polar surface area (TPSA) is 77.1 Å². The van der Waals surface area contributed by atoms with Gasteiger partial charge in [0.1, 0.15) is 10.5 Å². The van der Waals surface area contributed by atoms with E-state index in [9.17, 15) is 8.42 Å². The molecular formula is C19H17N3O3S. The first-order valence-electron chi connectivity index (χ1n) is 8.09. The van der Waals surface area contributed by atoms with Crippen LogP contribution in [-0.2, 0) is 16.6 Å². The molecule has 0 saturated heterocycles. The Morgan fingerprint density at radius 3 is 2.85 bits per heavy atom. The van der Waals surface area contributed by atoms with Gasteiger partial charge in [-0.3, -0.25) is 4.98 Å². The Labute approximate surface area is 151 Å². The summed E-state index contributed by atoms with van der Waals surface area (Å²) in [6, 6.07) is 12.5. The molecule has 0 fully saturated rings. The van der Waals surface area contributed by atoms with Crippen LogP contribution in [0, 0.1) is 0 Å². The fourth-order valence-corrected chi connectivity index (χ4v) is 4.31. The van der Waals surface area contributed by atoms with E-state index in [2.05, 4.69) is 10.3 Å². The lowest BCUT2D eigenvalue weighted by Gasteiger charge is -2.10. The first-order valence-corrected chi connectivity index (χ1v) is 9.53. The number of fused-ring (bicyclic) bond motifs is 1. The Kier molecular flexibility index (Phi) is 4.10. The van der Waals surface area contributed by atoms with Gasteiger partial charge in [0.05, 0.1) is 12.0 Å². The highest BCUT2D eigenvalue weighted by molar-refractivity contribution is 7.90. The van der Waals surface area contributed by atoms with Gasteiger partial charge in [-0.05, 0) is 55.1 Å². The van der Waals surface area contributed by atoms with E-state index in [0.717, 1.165) is 22.1 Å². The molecule has 0 saturated carbocycles. The molecule has 0 bridgehead atoms. The first-order chi connectivity index (χ1) is 12.6. The smallest absolute Gasteiger partial charge is 0.269 e. The van der Waals surface area contributed by atoms with Crippen molar-refractivity contribution in [2.45, 2.75) is 11.4 Å². The first kappa shape index (κ1) is 16.6. The summed E-state index contributed by atoms with van der Waals surface area (Å²) in [5, 5.41) is 3.98. The molecule has 26 heavy (non-hydrogen) atoms. The predicted molar refractivity (Wildman–Crippen MR) is 99.2 cm³/mol. The lowest BCUT2D eigenvalue weighted by molar-refractivity contribution is 0.587. The molecule has 0 unspecified atom stereocenters. The number of furan rings is 1. The van der Waals surface area contributed by atoms with Crippen LogP contribution in [0.4, 0.5) is 0 Å². The van der Waals surface area contributed by atoms with E-state index in [1.165, 1.54) is 10.2 Å². The SMILES string of the molecule is CNCc1cc(-c2ccc3occc3c2)n(S(=O)(=O)c2cccnc2)c1. The molecule has 3 aromatic heterocycles. The van der Waals surface area contributed by atoms with Crippen molar-refractivity contribution in [1.29, 1.82) is 0 Å². The highest BCUT2D eigenvalue weighted by atomic mass is 32.2. The normalized spacial score (nSPS) is 11.9. The summed E-state index contributed by atoms with van der Waals surface area (Å²) in [5.74, 6) is 0. The van der Waals surface area contributed by atoms with Gasteiger partial charge in [-0.1, -0.05) is 0 Å². The molecule has 1 N–H and O–H groups in total. The second kappa shape index (κ2) is 6.44. The van der Waals surface area contributed by atoms with Crippen molar-refractivity contribution in [2.75, 3.05) is 7.05 Å². The maximum Gasteiger partial charge on any atom is 0.269 e. The molecule has 0 aliphatic carbocycles. The Hall–Kier alpha value is -2.90. The maximum atomic E-state index is 13.1. The zero-order valence-corrected chi connectivity index (χ0v) is 14.9. The van der Waals surface area contributed by atoms with E-state index in [-0.39, 0.29) is 4.90 Å². The molecule has 4 aromatic rings. The monoisotopic (exact) mass is 367 g/mol. The Balaban J connectivity index is 1.91. The minimum Gasteiger partial charge on any atom is -0.464 e. The molecule has 0 amide bonds. The predicted octanol–water partition coefficient (Wildman–Crippen LogP) is 3.25.